The van der Waals surface area contributed by atoms with E-state index in [1.54, 1.807) is 0 Å². The van der Waals surface area contributed by atoms with Crippen molar-refractivity contribution < 1.29 is 0 Å². The van der Waals surface area contributed by atoms with Crippen molar-refractivity contribution in [1.29, 1.82) is 0 Å². The highest BCUT2D eigenvalue weighted by Crippen LogP contribution is 2.36. The lowest BCUT2D eigenvalue weighted by Gasteiger charge is -2.13. The average Bonchev–Trinajstić information content (AvgIpc) is 3.35. The van der Waals surface area contributed by atoms with E-state index in [1.807, 2.05) is 6.07 Å². The second kappa shape index (κ2) is 5.71. The lowest BCUT2D eigenvalue weighted by molar-refractivity contribution is 1.14. The van der Waals surface area contributed by atoms with Crippen LogP contribution in [0.3, 0.4) is 0 Å². The highest BCUT2D eigenvalue weighted by molar-refractivity contribution is 6.11. The van der Waals surface area contributed by atoms with Crippen molar-refractivity contribution in [2.45, 2.75) is 0 Å². The fraction of sp³-hybridized carbons (Fsp3) is 0. The first-order valence-corrected chi connectivity index (χ1v) is 10.2. The molecule has 4 aromatic carbocycles. The molecule has 0 spiro atoms. The smallest absolute Gasteiger partial charge is 0.145 e. The van der Waals surface area contributed by atoms with E-state index in [4.69, 9.17) is 4.98 Å². The largest absolute Gasteiger partial charge is 0.307 e. The quantitative estimate of drug-likeness (QED) is 0.308. The first kappa shape index (κ1) is 15.8. The molecule has 3 nitrogen and oxygen atoms in total. The van der Waals surface area contributed by atoms with E-state index in [1.165, 1.54) is 32.9 Å². The molecule has 0 aliphatic carbocycles. The molecule has 0 unspecified atom stereocenters. The summed E-state index contributed by atoms with van der Waals surface area (Å²) in [5.74, 6) is 0. The van der Waals surface area contributed by atoms with Crippen molar-refractivity contribution in [2.75, 3.05) is 0 Å². The molecular weight excluding hydrogens is 366 g/mol. The Kier molecular flexibility index (Phi) is 3.00. The van der Waals surface area contributed by atoms with Gasteiger partial charge >= 0.3 is 0 Å². The predicted octanol–water partition coefficient (Wildman–Crippen LogP) is 6.74. The molecule has 140 valence electrons. The van der Waals surface area contributed by atoms with Crippen LogP contribution < -0.4 is 0 Å². The highest BCUT2D eigenvalue weighted by atomic mass is 15.1. The van der Waals surface area contributed by atoms with Crippen LogP contribution in [0.2, 0.25) is 0 Å². The molecule has 7 aromatic rings. The van der Waals surface area contributed by atoms with E-state index in [2.05, 4.69) is 106 Å². The van der Waals surface area contributed by atoms with Crippen LogP contribution in [0.25, 0.3) is 54.9 Å². The zero-order chi connectivity index (χ0) is 19.7. The summed E-state index contributed by atoms with van der Waals surface area (Å²) in [4.78, 5) is 4.94. The van der Waals surface area contributed by atoms with Crippen molar-refractivity contribution in [2.24, 2.45) is 0 Å². The summed E-state index contributed by atoms with van der Waals surface area (Å²) in [7, 11) is 0. The van der Waals surface area contributed by atoms with Crippen LogP contribution in [0.1, 0.15) is 0 Å². The third-order valence-electron chi connectivity index (χ3n) is 6.11. The normalized spacial score (nSPS) is 12.0. The Bertz CT molecular complexity index is 1700. The Hall–Kier alpha value is -4.11. The van der Waals surface area contributed by atoms with Gasteiger partial charge in [0.15, 0.2) is 0 Å². The molecule has 3 heteroatoms. The number of pyridine rings is 1. The summed E-state index contributed by atoms with van der Waals surface area (Å²) >= 11 is 0. The summed E-state index contributed by atoms with van der Waals surface area (Å²) in [5, 5.41) is 4.90. The number of rotatable bonds is 1. The minimum Gasteiger partial charge on any atom is -0.307 e. The molecule has 0 radical (unpaired) electrons. The van der Waals surface area contributed by atoms with Gasteiger partial charge in [-0.05, 0) is 24.3 Å². The number of nitrogens with zero attached hydrogens (tertiary/aromatic N) is 3. The fourth-order valence-electron chi connectivity index (χ4n) is 4.82. The van der Waals surface area contributed by atoms with E-state index in [9.17, 15) is 0 Å². The number of aromatic nitrogens is 3. The Labute approximate surface area is 172 Å². The van der Waals surface area contributed by atoms with Crippen molar-refractivity contribution in [3.05, 3.63) is 103 Å². The molecule has 0 aliphatic heterocycles. The SMILES string of the molecule is c1ccc2c(c1)nc1c3ccccc3c(-n3c4ccccc4c4ccccc43)cn21. The first-order chi connectivity index (χ1) is 14.9. The highest BCUT2D eigenvalue weighted by Gasteiger charge is 2.16. The molecule has 30 heavy (non-hydrogen) atoms. The zero-order valence-electron chi connectivity index (χ0n) is 16.2. The molecule has 7 rings (SSSR count). The van der Waals surface area contributed by atoms with E-state index >= 15 is 0 Å². The zero-order valence-corrected chi connectivity index (χ0v) is 16.2. The molecule has 0 aliphatic rings. The summed E-state index contributed by atoms with van der Waals surface area (Å²) in [6.45, 7) is 0. The fourth-order valence-corrected chi connectivity index (χ4v) is 4.82. The number of para-hydroxylation sites is 4. The Morgan fingerprint density at radius 1 is 0.500 bits per heavy atom. The maximum atomic E-state index is 4.94. The lowest BCUT2D eigenvalue weighted by Crippen LogP contribution is -1.99. The molecule has 0 saturated carbocycles. The molecule has 0 fully saturated rings. The molecule has 0 bridgehead atoms. The van der Waals surface area contributed by atoms with Crippen LogP contribution >= 0.6 is 0 Å². The Morgan fingerprint density at radius 2 is 1.03 bits per heavy atom. The lowest BCUT2D eigenvalue weighted by atomic mass is 10.1. The second-order valence-electron chi connectivity index (χ2n) is 7.72. The molecule has 0 N–H and O–H groups in total. The van der Waals surface area contributed by atoms with E-state index < -0.39 is 0 Å². The molecule has 3 heterocycles. The molecule has 0 saturated heterocycles. The Balaban J connectivity index is 1.75. The third kappa shape index (κ3) is 1.96. The van der Waals surface area contributed by atoms with Gasteiger partial charge in [0.1, 0.15) is 5.65 Å². The van der Waals surface area contributed by atoms with Crippen LogP contribution in [0.5, 0.6) is 0 Å². The molecule has 0 amide bonds. The van der Waals surface area contributed by atoms with E-state index in [0.29, 0.717) is 0 Å². The van der Waals surface area contributed by atoms with Gasteiger partial charge < -0.3 is 4.57 Å². The van der Waals surface area contributed by atoms with Gasteiger partial charge in [-0.3, -0.25) is 4.40 Å². The van der Waals surface area contributed by atoms with Gasteiger partial charge in [0.2, 0.25) is 0 Å². The number of benzene rings is 4. The molecule has 0 atom stereocenters. The van der Waals surface area contributed by atoms with Gasteiger partial charge in [0.25, 0.3) is 0 Å². The number of fused-ring (bicyclic) bond motifs is 8. The van der Waals surface area contributed by atoms with Crippen molar-refractivity contribution >= 4 is 49.3 Å². The van der Waals surface area contributed by atoms with Crippen LogP contribution in [-0.2, 0) is 0 Å². The first-order valence-electron chi connectivity index (χ1n) is 10.2. The number of imidazole rings is 1. The second-order valence-corrected chi connectivity index (χ2v) is 7.72. The summed E-state index contributed by atoms with van der Waals surface area (Å²) in [6, 6.07) is 34.2. The third-order valence-corrected chi connectivity index (χ3v) is 6.11. The van der Waals surface area contributed by atoms with Crippen molar-refractivity contribution in [3.63, 3.8) is 0 Å². The Morgan fingerprint density at radius 3 is 1.73 bits per heavy atom. The van der Waals surface area contributed by atoms with Gasteiger partial charge in [-0.1, -0.05) is 72.8 Å². The minimum atomic E-state index is 0.997. The van der Waals surface area contributed by atoms with Gasteiger partial charge in [-0.2, -0.15) is 0 Å². The topological polar surface area (TPSA) is 22.2 Å². The standard InChI is InChI=1S/C27H17N3/c1-2-12-21-20(11-1)26(17-29-25-16-8-5-13-22(25)28-27(21)29)30-23-14-6-3-9-18(23)19-10-4-7-15-24(19)30/h1-17H. The van der Waals surface area contributed by atoms with Crippen LogP contribution in [-0.4, -0.2) is 14.0 Å². The van der Waals surface area contributed by atoms with Gasteiger partial charge in [0, 0.05) is 27.7 Å². The summed E-state index contributed by atoms with van der Waals surface area (Å²) in [6.07, 6.45) is 2.24. The van der Waals surface area contributed by atoms with Gasteiger partial charge in [0.05, 0.1) is 27.8 Å². The number of hydrogen-bond donors (Lipinski definition) is 0. The van der Waals surface area contributed by atoms with Gasteiger partial charge in [-0.15, -0.1) is 0 Å². The van der Waals surface area contributed by atoms with E-state index in [0.717, 1.165) is 22.1 Å². The van der Waals surface area contributed by atoms with Crippen molar-refractivity contribution in [1.82, 2.24) is 14.0 Å². The van der Waals surface area contributed by atoms with E-state index in [-0.39, 0.29) is 0 Å². The number of hydrogen-bond acceptors (Lipinski definition) is 1. The monoisotopic (exact) mass is 383 g/mol. The summed E-state index contributed by atoms with van der Waals surface area (Å²) in [5.41, 5.74) is 6.73. The van der Waals surface area contributed by atoms with Crippen LogP contribution in [0, 0.1) is 0 Å². The maximum Gasteiger partial charge on any atom is 0.145 e. The molecular formula is C27H17N3. The minimum absolute atomic E-state index is 0.997. The van der Waals surface area contributed by atoms with Gasteiger partial charge in [-0.25, -0.2) is 4.98 Å². The molecule has 3 aromatic heterocycles. The van der Waals surface area contributed by atoms with Crippen LogP contribution in [0.4, 0.5) is 0 Å². The van der Waals surface area contributed by atoms with Crippen LogP contribution in [0.15, 0.2) is 103 Å². The average molecular weight is 383 g/mol. The predicted molar refractivity (Wildman–Crippen MR) is 125 cm³/mol. The summed E-state index contributed by atoms with van der Waals surface area (Å²) < 4.78 is 4.62. The maximum absolute atomic E-state index is 4.94. The van der Waals surface area contributed by atoms with Crippen molar-refractivity contribution in [3.8, 4) is 5.69 Å².